The molecule has 0 aliphatic carbocycles. The van der Waals surface area contributed by atoms with E-state index in [0.717, 1.165) is 24.5 Å². The summed E-state index contributed by atoms with van der Waals surface area (Å²) in [4.78, 5) is 6.88. The zero-order valence-corrected chi connectivity index (χ0v) is 14.0. The highest BCUT2D eigenvalue weighted by atomic mass is 15.1. The predicted molar refractivity (Wildman–Crippen MR) is 100 cm³/mol. The van der Waals surface area contributed by atoms with E-state index in [1.54, 1.807) is 0 Å². The summed E-state index contributed by atoms with van der Waals surface area (Å²) in [5, 5.41) is 1.25. The van der Waals surface area contributed by atoms with Gasteiger partial charge in [-0.3, -0.25) is 0 Å². The summed E-state index contributed by atoms with van der Waals surface area (Å²) in [6.07, 6.45) is 8.14. The summed E-state index contributed by atoms with van der Waals surface area (Å²) in [6.45, 7) is 2.28. The summed E-state index contributed by atoms with van der Waals surface area (Å²) >= 11 is 0. The van der Waals surface area contributed by atoms with Crippen LogP contribution in [-0.2, 0) is 6.42 Å². The number of anilines is 1. The molecule has 2 aromatic carbocycles. The van der Waals surface area contributed by atoms with Gasteiger partial charge in [0.1, 0.15) is 0 Å². The maximum atomic E-state index is 4.36. The molecule has 2 heteroatoms. The summed E-state index contributed by atoms with van der Waals surface area (Å²) in [7, 11) is 0. The first kappa shape index (κ1) is 15.2. The highest BCUT2D eigenvalue weighted by Crippen LogP contribution is 2.30. The molecule has 0 N–H and O–H groups in total. The Morgan fingerprint density at radius 3 is 2.54 bits per heavy atom. The number of para-hydroxylation sites is 1. The smallest absolute Gasteiger partial charge is 0.0915 e. The van der Waals surface area contributed by atoms with Crippen LogP contribution in [0, 0.1) is 12.1 Å². The Hall–Kier alpha value is -2.35. The Labute approximate surface area is 144 Å². The van der Waals surface area contributed by atoms with Crippen molar-refractivity contribution in [3.8, 4) is 0 Å². The molecule has 2 heterocycles. The first-order valence-corrected chi connectivity index (χ1v) is 8.95. The van der Waals surface area contributed by atoms with Crippen molar-refractivity contribution < 1.29 is 0 Å². The first-order chi connectivity index (χ1) is 11.9. The van der Waals surface area contributed by atoms with Gasteiger partial charge in [0.05, 0.1) is 11.7 Å². The van der Waals surface area contributed by atoms with Gasteiger partial charge in [0.25, 0.3) is 0 Å². The number of nitrogens with zero attached hydrogens (tertiary/aromatic N) is 2. The molecule has 0 bridgehead atoms. The summed E-state index contributed by atoms with van der Waals surface area (Å²) in [6, 6.07) is 21.3. The van der Waals surface area contributed by atoms with Crippen LogP contribution in [0.25, 0.3) is 10.9 Å². The molecule has 0 saturated carbocycles. The van der Waals surface area contributed by atoms with E-state index in [1.165, 1.54) is 42.3 Å². The molecular weight excluding hydrogens is 292 g/mol. The fraction of sp³-hybridized carbons (Fsp3) is 0.318. The molecule has 1 saturated heterocycles. The minimum atomic E-state index is 0.846. The monoisotopic (exact) mass is 315 g/mol. The average Bonchev–Trinajstić information content (AvgIpc) is 2.67. The van der Waals surface area contributed by atoms with Gasteiger partial charge in [-0.2, -0.15) is 0 Å². The van der Waals surface area contributed by atoms with Gasteiger partial charge in [0, 0.05) is 24.2 Å². The van der Waals surface area contributed by atoms with Gasteiger partial charge in [-0.05, 0) is 49.3 Å². The van der Waals surface area contributed by atoms with Crippen molar-refractivity contribution in [2.45, 2.75) is 25.7 Å². The zero-order valence-electron chi connectivity index (χ0n) is 14.0. The molecule has 1 aliphatic heterocycles. The highest BCUT2D eigenvalue weighted by Gasteiger charge is 2.20. The van der Waals surface area contributed by atoms with E-state index in [2.05, 4.69) is 64.6 Å². The van der Waals surface area contributed by atoms with Crippen LogP contribution in [0.2, 0.25) is 0 Å². The predicted octanol–water partition coefficient (Wildman–Crippen LogP) is 4.88. The fourth-order valence-electron chi connectivity index (χ4n) is 3.77. The van der Waals surface area contributed by atoms with Crippen molar-refractivity contribution in [3.63, 3.8) is 0 Å². The maximum Gasteiger partial charge on any atom is 0.0915 e. The largest absolute Gasteiger partial charge is 0.371 e. The molecule has 3 aromatic rings. The quantitative estimate of drug-likeness (QED) is 0.682. The molecule has 2 nitrogen and oxygen atoms in total. The third kappa shape index (κ3) is 3.28. The molecule has 121 valence electrons. The number of piperidine rings is 1. The first-order valence-electron chi connectivity index (χ1n) is 8.95. The van der Waals surface area contributed by atoms with E-state index in [0.29, 0.717) is 0 Å². The lowest BCUT2D eigenvalue weighted by Gasteiger charge is -2.34. The summed E-state index contributed by atoms with van der Waals surface area (Å²) in [5.74, 6) is 0.846. The van der Waals surface area contributed by atoms with Crippen molar-refractivity contribution in [1.82, 2.24) is 4.98 Å². The minimum absolute atomic E-state index is 0.846. The van der Waals surface area contributed by atoms with Crippen LogP contribution in [0.4, 0.5) is 5.69 Å². The Kier molecular flexibility index (Phi) is 4.46. The topological polar surface area (TPSA) is 16.1 Å². The van der Waals surface area contributed by atoms with Gasteiger partial charge in [-0.15, -0.1) is 0 Å². The van der Waals surface area contributed by atoms with Crippen LogP contribution in [0.15, 0.2) is 60.7 Å². The lowest BCUT2D eigenvalue weighted by molar-refractivity contribution is 0.382. The van der Waals surface area contributed by atoms with Crippen molar-refractivity contribution >= 4 is 16.6 Å². The van der Waals surface area contributed by atoms with Crippen LogP contribution in [0.3, 0.4) is 0 Å². The third-order valence-corrected chi connectivity index (χ3v) is 5.21. The van der Waals surface area contributed by atoms with Crippen molar-refractivity contribution in [2.24, 2.45) is 5.92 Å². The lowest BCUT2D eigenvalue weighted by Crippen LogP contribution is -2.34. The van der Waals surface area contributed by atoms with Crippen LogP contribution in [0.5, 0.6) is 0 Å². The van der Waals surface area contributed by atoms with Gasteiger partial charge < -0.3 is 4.90 Å². The number of pyridine rings is 1. The second-order valence-corrected chi connectivity index (χ2v) is 6.74. The Morgan fingerprint density at radius 2 is 1.71 bits per heavy atom. The molecule has 1 aromatic heterocycles. The maximum absolute atomic E-state index is 4.36. The van der Waals surface area contributed by atoms with Crippen molar-refractivity contribution in [1.29, 1.82) is 0 Å². The lowest BCUT2D eigenvalue weighted by atomic mass is 9.90. The van der Waals surface area contributed by atoms with E-state index in [9.17, 15) is 0 Å². The SMILES string of the molecule is [c]1cc(N2CCC(CCc3ccccc3)CC2)c2ccccc2n1. The molecule has 1 fully saturated rings. The molecule has 0 atom stereocenters. The van der Waals surface area contributed by atoms with Gasteiger partial charge in [-0.25, -0.2) is 4.98 Å². The van der Waals surface area contributed by atoms with E-state index in [4.69, 9.17) is 0 Å². The third-order valence-electron chi connectivity index (χ3n) is 5.21. The second kappa shape index (κ2) is 7.04. The average molecular weight is 315 g/mol. The summed E-state index contributed by atoms with van der Waals surface area (Å²) < 4.78 is 0. The van der Waals surface area contributed by atoms with Gasteiger partial charge in [0.15, 0.2) is 0 Å². The van der Waals surface area contributed by atoms with Gasteiger partial charge >= 0.3 is 0 Å². The van der Waals surface area contributed by atoms with Crippen molar-refractivity contribution in [2.75, 3.05) is 18.0 Å². The molecule has 4 rings (SSSR count). The molecule has 1 radical (unpaired) electrons. The van der Waals surface area contributed by atoms with Crippen molar-refractivity contribution in [3.05, 3.63) is 72.4 Å². The van der Waals surface area contributed by atoms with E-state index < -0.39 is 0 Å². The fourth-order valence-corrected chi connectivity index (χ4v) is 3.77. The molecule has 1 aliphatic rings. The van der Waals surface area contributed by atoms with E-state index in [-0.39, 0.29) is 0 Å². The second-order valence-electron chi connectivity index (χ2n) is 6.74. The summed E-state index contributed by atoms with van der Waals surface area (Å²) in [5.41, 5.74) is 3.80. The standard InChI is InChI=1S/C22H23N2/c1-2-6-18(7-3-1)10-11-19-13-16-24(17-14-19)22-12-15-23-21-9-5-4-8-20(21)22/h1-9,12,19H,10-11,13-14,16-17H2. The normalized spacial score (nSPS) is 15.8. The Bertz CT molecular complexity index is 784. The van der Waals surface area contributed by atoms with Crippen LogP contribution < -0.4 is 4.90 Å². The zero-order chi connectivity index (χ0) is 16.2. The van der Waals surface area contributed by atoms with E-state index in [1.807, 2.05) is 12.1 Å². The van der Waals surface area contributed by atoms with Crippen LogP contribution >= 0.6 is 0 Å². The number of hydrogen-bond donors (Lipinski definition) is 0. The highest BCUT2D eigenvalue weighted by molar-refractivity contribution is 5.91. The minimum Gasteiger partial charge on any atom is -0.371 e. The molecule has 0 amide bonds. The number of benzene rings is 2. The van der Waals surface area contributed by atoms with Gasteiger partial charge in [0.2, 0.25) is 0 Å². The molecule has 24 heavy (non-hydrogen) atoms. The Balaban J connectivity index is 1.39. The van der Waals surface area contributed by atoms with E-state index >= 15 is 0 Å². The number of aryl methyl sites for hydroxylation is 1. The molecular formula is C22H23N2. The van der Waals surface area contributed by atoms with Crippen LogP contribution in [-0.4, -0.2) is 18.1 Å². The number of rotatable bonds is 4. The van der Waals surface area contributed by atoms with Crippen LogP contribution in [0.1, 0.15) is 24.8 Å². The molecule has 0 unspecified atom stereocenters. The number of hydrogen-bond acceptors (Lipinski definition) is 2. The van der Waals surface area contributed by atoms with Gasteiger partial charge in [-0.1, -0.05) is 48.5 Å². The number of aromatic nitrogens is 1. The number of fused-ring (bicyclic) bond motifs is 1. The molecule has 0 spiro atoms. The Morgan fingerprint density at radius 1 is 0.958 bits per heavy atom.